The number of hydrogen-bond donors (Lipinski definition) is 2. The van der Waals surface area contributed by atoms with Crippen molar-refractivity contribution in [3.63, 3.8) is 0 Å². The molecule has 0 spiro atoms. The van der Waals surface area contributed by atoms with Crippen molar-refractivity contribution in [2.45, 2.75) is 85.5 Å². The molecule has 0 bridgehead atoms. The maximum absolute atomic E-state index is 13.3. The fourth-order valence-electron chi connectivity index (χ4n) is 3.98. The van der Waals surface area contributed by atoms with Crippen molar-refractivity contribution in [3.8, 4) is 0 Å². The topological polar surface area (TPSA) is 95.9 Å². The summed E-state index contributed by atoms with van der Waals surface area (Å²) in [5.41, 5.74) is -1.36. The van der Waals surface area contributed by atoms with E-state index < -0.39 is 35.2 Å². The maximum atomic E-state index is 13.3. The lowest BCUT2D eigenvalue weighted by Gasteiger charge is -2.37. The van der Waals surface area contributed by atoms with Gasteiger partial charge in [0.25, 0.3) is 0 Å². The smallest absolute Gasteiger partial charge is 0.408 e. The highest BCUT2D eigenvalue weighted by atomic mass is 16.6. The van der Waals surface area contributed by atoms with E-state index in [9.17, 15) is 19.5 Å². The van der Waals surface area contributed by atoms with Gasteiger partial charge in [0.2, 0.25) is 5.91 Å². The van der Waals surface area contributed by atoms with Gasteiger partial charge < -0.3 is 20.1 Å². The van der Waals surface area contributed by atoms with Gasteiger partial charge in [-0.3, -0.25) is 4.79 Å². The predicted molar refractivity (Wildman–Crippen MR) is 96.6 cm³/mol. The molecule has 1 saturated carbocycles. The average molecular weight is 368 g/mol. The minimum absolute atomic E-state index is 0.0873. The second-order valence-corrected chi connectivity index (χ2v) is 10.2. The summed E-state index contributed by atoms with van der Waals surface area (Å²) in [6.45, 7) is 14.9. The van der Waals surface area contributed by atoms with Gasteiger partial charge in [-0.2, -0.15) is 0 Å². The molecule has 0 aromatic heterocycles. The number of piperidine rings is 1. The molecule has 1 aliphatic carbocycles. The van der Waals surface area contributed by atoms with Crippen LogP contribution in [0.3, 0.4) is 0 Å². The number of likely N-dealkylation sites (tertiary alicyclic amines) is 1. The number of amides is 2. The van der Waals surface area contributed by atoms with Crippen LogP contribution in [0.2, 0.25) is 0 Å². The van der Waals surface area contributed by atoms with Crippen molar-refractivity contribution >= 4 is 18.0 Å². The van der Waals surface area contributed by atoms with Crippen molar-refractivity contribution < 1.29 is 24.2 Å². The first kappa shape index (κ1) is 20.5. The zero-order valence-electron chi connectivity index (χ0n) is 17.0. The number of ether oxygens (including phenoxy) is 1. The molecule has 26 heavy (non-hydrogen) atoms. The van der Waals surface area contributed by atoms with Gasteiger partial charge in [0.1, 0.15) is 17.7 Å². The molecule has 0 aromatic rings. The number of nitrogens with zero attached hydrogens (tertiary/aromatic N) is 1. The van der Waals surface area contributed by atoms with E-state index in [-0.39, 0.29) is 23.3 Å². The Hall–Kier alpha value is -1.79. The van der Waals surface area contributed by atoms with Crippen LogP contribution in [0.4, 0.5) is 4.79 Å². The Balaban J connectivity index is 2.26. The Kier molecular flexibility index (Phi) is 4.84. The van der Waals surface area contributed by atoms with E-state index >= 15 is 0 Å². The highest BCUT2D eigenvalue weighted by molar-refractivity contribution is 5.91. The molecule has 4 atom stereocenters. The quantitative estimate of drug-likeness (QED) is 0.798. The number of carbonyl (C=O) groups is 3. The highest BCUT2D eigenvalue weighted by Gasteiger charge is 2.69. The van der Waals surface area contributed by atoms with Crippen molar-refractivity contribution in [2.24, 2.45) is 16.7 Å². The molecular weight excluding hydrogens is 336 g/mol. The maximum Gasteiger partial charge on any atom is 0.408 e. The van der Waals surface area contributed by atoms with Crippen molar-refractivity contribution in [1.82, 2.24) is 10.2 Å². The number of aliphatic carboxylic acids is 1. The van der Waals surface area contributed by atoms with Gasteiger partial charge in [0.15, 0.2) is 0 Å². The summed E-state index contributed by atoms with van der Waals surface area (Å²) >= 11 is 0. The molecule has 2 rings (SSSR count). The van der Waals surface area contributed by atoms with Crippen LogP contribution in [-0.4, -0.2) is 51.7 Å². The number of carboxylic acid groups (broad SMARTS) is 1. The van der Waals surface area contributed by atoms with Crippen LogP contribution >= 0.6 is 0 Å². The summed E-state index contributed by atoms with van der Waals surface area (Å²) in [4.78, 5) is 38.7. The van der Waals surface area contributed by atoms with Crippen LogP contribution in [0.15, 0.2) is 0 Å². The molecule has 1 saturated heterocycles. The first-order valence-corrected chi connectivity index (χ1v) is 9.12. The van der Waals surface area contributed by atoms with E-state index in [1.807, 2.05) is 34.6 Å². The molecule has 0 aromatic carbocycles. The molecule has 7 nitrogen and oxygen atoms in total. The molecule has 2 aliphatic rings. The summed E-state index contributed by atoms with van der Waals surface area (Å²) in [6, 6.07) is -1.80. The van der Waals surface area contributed by atoms with E-state index in [0.717, 1.165) is 0 Å². The summed E-state index contributed by atoms with van der Waals surface area (Å²) in [7, 11) is 0. The zero-order valence-corrected chi connectivity index (χ0v) is 17.0. The first-order chi connectivity index (χ1) is 11.6. The molecule has 2 fully saturated rings. The van der Waals surface area contributed by atoms with Gasteiger partial charge in [-0.1, -0.05) is 34.6 Å². The molecule has 1 aliphatic heterocycles. The average Bonchev–Trinajstić information content (AvgIpc) is 2.81. The lowest BCUT2D eigenvalue weighted by atomic mass is 9.85. The first-order valence-electron chi connectivity index (χ1n) is 9.12. The highest BCUT2D eigenvalue weighted by Crippen LogP contribution is 2.62. The number of alkyl carbamates (subject to hydrolysis) is 1. The number of fused-ring (bicyclic) bond motifs is 1. The van der Waals surface area contributed by atoms with Crippen LogP contribution in [-0.2, 0) is 14.3 Å². The van der Waals surface area contributed by atoms with E-state index in [1.54, 1.807) is 20.8 Å². The number of rotatable bonds is 3. The number of carboxylic acids is 1. The van der Waals surface area contributed by atoms with E-state index in [0.29, 0.717) is 6.42 Å². The predicted octanol–water partition coefficient (Wildman–Crippen LogP) is 2.64. The number of hydrogen-bond acceptors (Lipinski definition) is 4. The lowest BCUT2D eigenvalue weighted by Crippen LogP contribution is -2.58. The van der Waals surface area contributed by atoms with Gasteiger partial charge in [-0.25, -0.2) is 9.59 Å². The Bertz CT molecular complexity index is 614. The minimum atomic E-state index is -0.994. The van der Waals surface area contributed by atoms with Crippen LogP contribution in [0.1, 0.15) is 61.8 Å². The molecule has 148 valence electrons. The lowest BCUT2D eigenvalue weighted by molar-refractivity contribution is -0.152. The van der Waals surface area contributed by atoms with Gasteiger partial charge in [0.05, 0.1) is 0 Å². The van der Waals surface area contributed by atoms with Gasteiger partial charge >= 0.3 is 12.1 Å². The largest absolute Gasteiger partial charge is 0.480 e. The summed E-state index contributed by atoms with van der Waals surface area (Å²) in [6.07, 6.45) is -0.217. The third kappa shape index (κ3) is 3.81. The van der Waals surface area contributed by atoms with E-state index in [1.165, 1.54) is 4.90 Å². The van der Waals surface area contributed by atoms with Crippen LogP contribution in [0.5, 0.6) is 0 Å². The Morgan fingerprint density at radius 1 is 1.15 bits per heavy atom. The van der Waals surface area contributed by atoms with Crippen LogP contribution < -0.4 is 5.32 Å². The monoisotopic (exact) mass is 368 g/mol. The van der Waals surface area contributed by atoms with Crippen molar-refractivity contribution in [1.29, 1.82) is 0 Å². The van der Waals surface area contributed by atoms with Crippen LogP contribution in [0, 0.1) is 16.7 Å². The second kappa shape index (κ2) is 6.13. The molecule has 2 N–H and O–H groups in total. The fraction of sp³-hybridized carbons (Fsp3) is 0.842. The fourth-order valence-corrected chi connectivity index (χ4v) is 3.98. The zero-order chi connectivity index (χ0) is 20.2. The van der Waals surface area contributed by atoms with Crippen LogP contribution in [0.25, 0.3) is 0 Å². The Morgan fingerprint density at radius 2 is 1.69 bits per heavy atom. The van der Waals surface area contributed by atoms with E-state index in [2.05, 4.69) is 5.32 Å². The normalized spacial score (nSPS) is 28.2. The minimum Gasteiger partial charge on any atom is -0.480 e. The summed E-state index contributed by atoms with van der Waals surface area (Å²) < 4.78 is 5.29. The van der Waals surface area contributed by atoms with Gasteiger partial charge in [-0.15, -0.1) is 0 Å². The molecule has 7 heteroatoms. The second-order valence-electron chi connectivity index (χ2n) is 10.2. The third-order valence-electron chi connectivity index (χ3n) is 5.42. The SMILES string of the molecule is CC(C)(C)OC(=O)N[C@H](C(=O)N1C(C(=O)O)C[C@H]2[C@@H]1C2(C)C)C(C)(C)C. The molecule has 0 radical (unpaired) electrons. The van der Waals surface area contributed by atoms with Crippen molar-refractivity contribution in [3.05, 3.63) is 0 Å². The molecule has 1 unspecified atom stereocenters. The standard InChI is InChI=1S/C19H32N2O5/c1-17(2,3)12(20-16(25)26-18(4,5)6)14(22)21-11(15(23)24)9-10-13(21)19(10,7)8/h10-13H,9H2,1-8H3,(H,20,25)(H,23,24)/t10-,11?,12+,13+/m0/s1. The van der Waals surface area contributed by atoms with Crippen molar-refractivity contribution in [2.75, 3.05) is 0 Å². The van der Waals surface area contributed by atoms with E-state index in [4.69, 9.17) is 4.74 Å². The molecule has 2 amide bonds. The summed E-state index contributed by atoms with van der Waals surface area (Å²) in [5, 5.41) is 12.2. The molecule has 1 heterocycles. The number of carbonyl (C=O) groups excluding carboxylic acids is 2. The summed E-state index contributed by atoms with van der Waals surface area (Å²) in [5.74, 6) is -1.16. The third-order valence-corrected chi connectivity index (χ3v) is 5.42. The van der Waals surface area contributed by atoms with Gasteiger partial charge in [0, 0.05) is 6.04 Å². The number of nitrogens with one attached hydrogen (secondary N) is 1. The molecular formula is C19H32N2O5. The van der Waals surface area contributed by atoms with Gasteiger partial charge in [-0.05, 0) is 43.9 Å². The Labute approximate surface area is 155 Å². The Morgan fingerprint density at radius 3 is 2.12 bits per heavy atom.